The molecule has 160 valence electrons. The average molecular weight is 421 g/mol. The number of amides is 2. The van der Waals surface area contributed by atoms with Crippen LogP contribution in [0.1, 0.15) is 71.8 Å². The minimum absolute atomic E-state index is 0.0469. The van der Waals surface area contributed by atoms with Crippen molar-refractivity contribution in [3.8, 4) is 0 Å². The lowest BCUT2D eigenvalue weighted by molar-refractivity contribution is -0.157. The molecule has 29 heavy (non-hydrogen) atoms. The van der Waals surface area contributed by atoms with Gasteiger partial charge in [0, 0.05) is 13.0 Å². The van der Waals surface area contributed by atoms with Crippen LogP contribution in [0.5, 0.6) is 0 Å². The van der Waals surface area contributed by atoms with Gasteiger partial charge in [-0.25, -0.2) is 13.1 Å². The molecule has 0 aromatic heterocycles. The van der Waals surface area contributed by atoms with E-state index in [4.69, 9.17) is 0 Å². The van der Waals surface area contributed by atoms with Crippen molar-refractivity contribution in [1.29, 1.82) is 0 Å². The van der Waals surface area contributed by atoms with Gasteiger partial charge in [-0.2, -0.15) is 0 Å². The van der Waals surface area contributed by atoms with E-state index in [9.17, 15) is 18.0 Å². The van der Waals surface area contributed by atoms with E-state index in [-0.39, 0.29) is 16.2 Å². The van der Waals surface area contributed by atoms with E-state index in [1.54, 1.807) is 24.0 Å². The predicted molar refractivity (Wildman–Crippen MR) is 112 cm³/mol. The fourth-order valence-corrected chi connectivity index (χ4v) is 5.27. The third-order valence-corrected chi connectivity index (χ3v) is 7.75. The number of carbonyl (C=O) groups excluding carboxylic acids is 2. The van der Waals surface area contributed by atoms with E-state index in [0.29, 0.717) is 25.3 Å². The van der Waals surface area contributed by atoms with Crippen molar-refractivity contribution < 1.29 is 18.0 Å². The lowest BCUT2D eigenvalue weighted by Crippen LogP contribution is -2.67. The molecule has 1 aromatic rings. The zero-order valence-electron chi connectivity index (χ0n) is 17.8. The summed E-state index contributed by atoms with van der Waals surface area (Å²) in [5.41, 5.74) is -0.184. The zero-order chi connectivity index (χ0) is 21.4. The van der Waals surface area contributed by atoms with Gasteiger partial charge in [0.15, 0.2) is 0 Å². The number of benzene rings is 1. The molecule has 1 heterocycles. The Hall–Kier alpha value is -1.89. The molecule has 1 aliphatic carbocycles. The lowest BCUT2D eigenvalue weighted by atomic mass is 9.85. The summed E-state index contributed by atoms with van der Waals surface area (Å²) >= 11 is 0. The van der Waals surface area contributed by atoms with E-state index in [0.717, 1.165) is 31.2 Å². The van der Waals surface area contributed by atoms with Crippen molar-refractivity contribution in [2.24, 2.45) is 5.92 Å². The minimum Gasteiger partial charge on any atom is -0.328 e. The molecule has 2 aliphatic rings. The van der Waals surface area contributed by atoms with Crippen LogP contribution >= 0.6 is 0 Å². The number of sulfonamides is 1. The standard InChI is InChI=1S/C22H32N2O4S/c1-21(2,3)17-9-11-18(12-10-17)29(27,28)23-20(26)22(4)13-14-24(22)19(25)15-16-7-5-6-8-16/h9-12,16H,5-8,13-15H2,1-4H3,(H,23,26). The van der Waals surface area contributed by atoms with Gasteiger partial charge in [0.05, 0.1) is 4.90 Å². The van der Waals surface area contributed by atoms with Gasteiger partial charge in [-0.3, -0.25) is 9.59 Å². The van der Waals surface area contributed by atoms with Gasteiger partial charge in [0.25, 0.3) is 15.9 Å². The molecule has 1 N–H and O–H groups in total. The van der Waals surface area contributed by atoms with Crippen molar-refractivity contribution in [1.82, 2.24) is 9.62 Å². The maximum absolute atomic E-state index is 12.8. The molecule has 1 aliphatic heterocycles. The zero-order valence-corrected chi connectivity index (χ0v) is 18.6. The normalized spacial score (nSPS) is 23.0. The van der Waals surface area contributed by atoms with E-state index in [2.05, 4.69) is 4.72 Å². The number of nitrogens with zero attached hydrogens (tertiary/aromatic N) is 1. The van der Waals surface area contributed by atoms with Crippen LogP contribution in [-0.2, 0) is 25.0 Å². The molecule has 3 rings (SSSR count). The van der Waals surface area contributed by atoms with E-state index in [1.807, 2.05) is 20.8 Å². The Balaban J connectivity index is 1.68. The Morgan fingerprint density at radius 1 is 1.14 bits per heavy atom. The molecule has 0 bridgehead atoms. The summed E-state index contributed by atoms with van der Waals surface area (Å²) in [5, 5.41) is 0. The molecule has 6 nitrogen and oxygen atoms in total. The van der Waals surface area contributed by atoms with Crippen LogP contribution in [0.2, 0.25) is 0 Å². The van der Waals surface area contributed by atoms with E-state index < -0.39 is 21.5 Å². The summed E-state index contributed by atoms with van der Waals surface area (Å²) in [5.74, 6) is -0.295. The maximum Gasteiger partial charge on any atom is 0.264 e. The van der Waals surface area contributed by atoms with Gasteiger partial charge >= 0.3 is 0 Å². The number of nitrogens with one attached hydrogen (secondary N) is 1. The first-order valence-corrected chi connectivity index (χ1v) is 11.9. The highest BCUT2D eigenvalue weighted by atomic mass is 32.2. The van der Waals surface area contributed by atoms with Gasteiger partial charge in [-0.1, -0.05) is 45.7 Å². The Morgan fingerprint density at radius 2 is 1.72 bits per heavy atom. The first-order chi connectivity index (χ1) is 13.4. The molecule has 1 atom stereocenters. The molecule has 0 radical (unpaired) electrons. The van der Waals surface area contributed by atoms with Crippen LogP contribution in [0.3, 0.4) is 0 Å². The highest BCUT2D eigenvalue weighted by Crippen LogP contribution is 2.35. The second-order valence-corrected chi connectivity index (χ2v) is 11.3. The first-order valence-electron chi connectivity index (χ1n) is 10.4. The first kappa shape index (κ1) is 21.8. The lowest BCUT2D eigenvalue weighted by Gasteiger charge is -2.49. The third kappa shape index (κ3) is 4.49. The summed E-state index contributed by atoms with van der Waals surface area (Å²) in [6, 6.07) is 6.56. The van der Waals surface area contributed by atoms with Crippen molar-refractivity contribution in [3.05, 3.63) is 29.8 Å². The quantitative estimate of drug-likeness (QED) is 0.792. The summed E-state index contributed by atoms with van der Waals surface area (Å²) in [4.78, 5) is 27.1. The molecule has 1 unspecified atom stereocenters. The molecular weight excluding hydrogens is 388 g/mol. The largest absolute Gasteiger partial charge is 0.328 e. The summed E-state index contributed by atoms with van der Waals surface area (Å²) in [6.07, 6.45) is 5.34. The van der Waals surface area contributed by atoms with Crippen LogP contribution in [0.25, 0.3) is 0 Å². The minimum atomic E-state index is -3.99. The number of hydrogen-bond acceptors (Lipinski definition) is 4. The van der Waals surface area contributed by atoms with Crippen LogP contribution in [0, 0.1) is 5.92 Å². The third-order valence-electron chi connectivity index (χ3n) is 6.40. The van der Waals surface area contributed by atoms with Gasteiger partial charge in [-0.05, 0) is 55.2 Å². The van der Waals surface area contributed by atoms with Crippen LogP contribution in [0.4, 0.5) is 0 Å². The molecule has 2 fully saturated rings. The molecule has 1 aromatic carbocycles. The van der Waals surface area contributed by atoms with Crippen LogP contribution in [-0.4, -0.2) is 37.2 Å². The number of hydrogen-bond donors (Lipinski definition) is 1. The van der Waals surface area contributed by atoms with Crippen LogP contribution in [0.15, 0.2) is 29.2 Å². The Labute approximate surface area is 174 Å². The van der Waals surface area contributed by atoms with Gasteiger partial charge in [0.2, 0.25) is 5.91 Å². The average Bonchev–Trinajstić information content (AvgIpc) is 3.11. The summed E-state index contributed by atoms with van der Waals surface area (Å²) in [7, 11) is -3.99. The second kappa shape index (κ2) is 7.74. The second-order valence-electron chi connectivity index (χ2n) is 9.63. The fourth-order valence-electron chi connectivity index (χ4n) is 4.19. The topological polar surface area (TPSA) is 83.6 Å². The number of carbonyl (C=O) groups is 2. The Morgan fingerprint density at radius 3 is 2.21 bits per heavy atom. The van der Waals surface area contributed by atoms with Crippen molar-refractivity contribution in [2.45, 2.75) is 82.1 Å². The molecular formula is C22H32N2O4S. The highest BCUT2D eigenvalue weighted by Gasteiger charge is 2.50. The maximum atomic E-state index is 12.8. The Bertz CT molecular complexity index is 880. The summed E-state index contributed by atoms with van der Waals surface area (Å²) in [6.45, 7) is 8.29. The fraction of sp³-hybridized carbons (Fsp3) is 0.636. The van der Waals surface area contributed by atoms with Gasteiger partial charge < -0.3 is 4.90 Å². The number of rotatable bonds is 5. The van der Waals surface area contributed by atoms with E-state index in [1.165, 1.54) is 12.1 Å². The van der Waals surface area contributed by atoms with Gasteiger partial charge in [0.1, 0.15) is 5.54 Å². The predicted octanol–water partition coefficient (Wildman–Crippen LogP) is 3.36. The van der Waals surface area contributed by atoms with Gasteiger partial charge in [-0.15, -0.1) is 0 Å². The molecule has 1 saturated heterocycles. The molecule has 2 amide bonds. The summed E-state index contributed by atoms with van der Waals surface area (Å²) < 4.78 is 27.6. The monoisotopic (exact) mass is 420 g/mol. The Kier molecular flexibility index (Phi) is 5.82. The SMILES string of the molecule is CC(C)(C)c1ccc(S(=O)(=O)NC(=O)C2(C)CCN2C(=O)CC2CCCC2)cc1. The van der Waals surface area contributed by atoms with Crippen molar-refractivity contribution in [3.63, 3.8) is 0 Å². The van der Waals surface area contributed by atoms with E-state index >= 15 is 0 Å². The van der Waals surface area contributed by atoms with Crippen molar-refractivity contribution >= 4 is 21.8 Å². The molecule has 0 spiro atoms. The smallest absolute Gasteiger partial charge is 0.264 e. The van der Waals surface area contributed by atoms with Crippen LogP contribution < -0.4 is 4.72 Å². The molecule has 1 saturated carbocycles. The van der Waals surface area contributed by atoms with Crippen molar-refractivity contribution in [2.75, 3.05) is 6.54 Å². The molecule has 7 heteroatoms. The highest BCUT2D eigenvalue weighted by molar-refractivity contribution is 7.90. The number of likely N-dealkylation sites (tertiary alicyclic amines) is 1.